The summed E-state index contributed by atoms with van der Waals surface area (Å²) in [7, 11) is 0. The molecule has 1 fully saturated rings. The molecule has 2 nitrogen and oxygen atoms in total. The van der Waals surface area contributed by atoms with E-state index in [-0.39, 0.29) is 23.8 Å². The average Bonchev–Trinajstić information content (AvgIpc) is 2.78. The number of nitrogens with two attached hydrogens (primary N) is 1. The number of benzene rings is 1. The second-order valence-electron chi connectivity index (χ2n) is 3.78. The van der Waals surface area contributed by atoms with Gasteiger partial charge in [0.15, 0.2) is 0 Å². The Morgan fingerprint density at radius 2 is 1.94 bits per heavy atom. The first kappa shape index (κ1) is 11.7. The van der Waals surface area contributed by atoms with E-state index in [4.69, 9.17) is 33.7 Å². The summed E-state index contributed by atoms with van der Waals surface area (Å²) in [6.45, 7) is -0.0604. The zero-order valence-corrected chi connectivity index (χ0v) is 9.66. The molecule has 0 radical (unpaired) electrons. The Balaban J connectivity index is 2.02. The molecule has 2 N–H and O–H groups in total. The number of halogens is 4. The third-order valence-corrected chi connectivity index (χ3v) is 3.17. The molecule has 1 aliphatic carbocycles. The van der Waals surface area contributed by atoms with Crippen LogP contribution in [0.5, 0.6) is 5.75 Å². The third kappa shape index (κ3) is 2.33. The predicted molar refractivity (Wildman–Crippen MR) is 59.4 cm³/mol. The first-order chi connectivity index (χ1) is 7.40. The Kier molecular flexibility index (Phi) is 2.88. The van der Waals surface area contributed by atoms with Gasteiger partial charge in [0.2, 0.25) is 0 Å². The fraction of sp³-hybridized carbons (Fsp3) is 0.400. The number of rotatable bonds is 3. The van der Waals surface area contributed by atoms with Gasteiger partial charge in [0, 0.05) is 12.5 Å². The van der Waals surface area contributed by atoms with Crippen molar-refractivity contribution >= 4 is 28.9 Å². The lowest BCUT2D eigenvalue weighted by Crippen LogP contribution is -2.07. The van der Waals surface area contributed by atoms with E-state index in [0.717, 1.165) is 0 Å². The predicted octanol–water partition coefficient (Wildman–Crippen LogP) is 3.61. The maximum atomic E-state index is 12.6. The van der Waals surface area contributed by atoms with Crippen LogP contribution in [0.2, 0.25) is 10.0 Å². The molecule has 88 valence electrons. The quantitative estimate of drug-likeness (QED) is 0.850. The largest absolute Gasteiger partial charge is 0.491 e. The SMILES string of the molecule is Nc1cc(Cl)c(Cl)cc1OCC1CC1(F)F. The van der Waals surface area contributed by atoms with Crippen LogP contribution in [0.4, 0.5) is 14.5 Å². The van der Waals surface area contributed by atoms with Crippen LogP contribution < -0.4 is 10.5 Å². The molecule has 0 heterocycles. The molecule has 0 amide bonds. The minimum atomic E-state index is -2.59. The lowest BCUT2D eigenvalue weighted by Gasteiger charge is -2.09. The second kappa shape index (κ2) is 3.93. The molecule has 1 unspecified atom stereocenters. The Bertz CT molecular complexity index is 426. The van der Waals surface area contributed by atoms with Gasteiger partial charge in [-0.25, -0.2) is 8.78 Å². The Morgan fingerprint density at radius 3 is 2.50 bits per heavy atom. The molecular weight excluding hydrogens is 259 g/mol. The van der Waals surface area contributed by atoms with E-state index in [9.17, 15) is 8.78 Å². The van der Waals surface area contributed by atoms with Crippen LogP contribution in [0.1, 0.15) is 6.42 Å². The highest BCUT2D eigenvalue weighted by Crippen LogP contribution is 2.48. The van der Waals surface area contributed by atoms with Gasteiger partial charge < -0.3 is 10.5 Å². The van der Waals surface area contributed by atoms with Crippen molar-refractivity contribution in [3.63, 3.8) is 0 Å². The van der Waals surface area contributed by atoms with Gasteiger partial charge in [0.05, 0.1) is 28.3 Å². The number of hydrogen-bond donors (Lipinski definition) is 1. The van der Waals surface area contributed by atoms with Crippen molar-refractivity contribution < 1.29 is 13.5 Å². The summed E-state index contributed by atoms with van der Waals surface area (Å²) in [6.07, 6.45) is -0.131. The van der Waals surface area contributed by atoms with Gasteiger partial charge in [-0.1, -0.05) is 23.2 Å². The molecule has 1 saturated carbocycles. The smallest absolute Gasteiger partial charge is 0.255 e. The molecule has 1 aromatic rings. The lowest BCUT2D eigenvalue weighted by atomic mass is 10.3. The van der Waals surface area contributed by atoms with Gasteiger partial charge in [-0.15, -0.1) is 0 Å². The molecule has 0 aliphatic heterocycles. The summed E-state index contributed by atoms with van der Waals surface area (Å²) in [4.78, 5) is 0. The van der Waals surface area contributed by atoms with Gasteiger partial charge in [-0.05, 0) is 6.07 Å². The van der Waals surface area contributed by atoms with Crippen LogP contribution in [-0.2, 0) is 0 Å². The summed E-state index contributed by atoms with van der Waals surface area (Å²) in [5, 5.41) is 0.594. The molecular formula is C10H9Cl2F2NO. The van der Waals surface area contributed by atoms with E-state index in [1.165, 1.54) is 12.1 Å². The molecule has 16 heavy (non-hydrogen) atoms. The van der Waals surface area contributed by atoms with Crippen LogP contribution in [0.25, 0.3) is 0 Å². The van der Waals surface area contributed by atoms with E-state index in [0.29, 0.717) is 10.7 Å². The number of hydrogen-bond acceptors (Lipinski definition) is 2. The number of anilines is 1. The molecule has 6 heteroatoms. The standard InChI is InChI=1S/C10H9Cl2F2NO/c11-6-1-8(15)9(2-7(6)12)16-4-5-3-10(5,13)14/h1-2,5H,3-4,15H2. The normalized spacial score (nSPS) is 21.9. The maximum absolute atomic E-state index is 12.6. The first-order valence-corrected chi connectivity index (χ1v) is 5.41. The Labute approximate surface area is 101 Å². The summed E-state index contributed by atoms with van der Waals surface area (Å²) in [5.74, 6) is -3.02. The maximum Gasteiger partial charge on any atom is 0.255 e. The number of nitrogen functional groups attached to an aromatic ring is 1. The van der Waals surface area contributed by atoms with Crippen molar-refractivity contribution in [1.29, 1.82) is 0 Å². The molecule has 0 saturated heterocycles. The van der Waals surface area contributed by atoms with Gasteiger partial charge in [0.1, 0.15) is 5.75 Å². The number of ether oxygens (including phenoxy) is 1. The van der Waals surface area contributed by atoms with Crippen molar-refractivity contribution in [2.24, 2.45) is 5.92 Å². The van der Waals surface area contributed by atoms with Gasteiger partial charge in [-0.3, -0.25) is 0 Å². The topological polar surface area (TPSA) is 35.2 Å². The summed E-state index contributed by atoms with van der Waals surface area (Å²) < 4.78 is 30.4. The van der Waals surface area contributed by atoms with E-state index >= 15 is 0 Å². The van der Waals surface area contributed by atoms with Crippen LogP contribution in [0.15, 0.2) is 12.1 Å². The van der Waals surface area contributed by atoms with Gasteiger partial charge in [0.25, 0.3) is 5.92 Å². The molecule has 0 aromatic heterocycles. The highest BCUT2D eigenvalue weighted by Gasteiger charge is 2.57. The average molecular weight is 268 g/mol. The summed E-state index contributed by atoms with van der Waals surface area (Å²) >= 11 is 11.5. The minimum absolute atomic E-state index is 0.0604. The fourth-order valence-corrected chi connectivity index (χ4v) is 1.64. The van der Waals surface area contributed by atoms with Crippen molar-refractivity contribution in [3.8, 4) is 5.75 Å². The summed E-state index contributed by atoms with van der Waals surface area (Å²) in [6, 6.07) is 2.87. The van der Waals surface area contributed by atoms with Crippen molar-refractivity contribution in [2.45, 2.75) is 12.3 Å². The third-order valence-electron chi connectivity index (χ3n) is 2.45. The fourth-order valence-electron chi connectivity index (χ4n) is 1.31. The Hall–Kier alpha value is -0.740. The van der Waals surface area contributed by atoms with Gasteiger partial charge >= 0.3 is 0 Å². The number of alkyl halides is 2. The zero-order valence-electron chi connectivity index (χ0n) is 8.14. The van der Waals surface area contributed by atoms with E-state index < -0.39 is 11.8 Å². The highest BCUT2D eigenvalue weighted by molar-refractivity contribution is 6.42. The Morgan fingerprint density at radius 1 is 1.38 bits per heavy atom. The highest BCUT2D eigenvalue weighted by atomic mass is 35.5. The molecule has 1 aromatic carbocycles. The zero-order chi connectivity index (χ0) is 11.9. The minimum Gasteiger partial charge on any atom is -0.491 e. The van der Waals surface area contributed by atoms with E-state index in [1.807, 2.05) is 0 Å². The van der Waals surface area contributed by atoms with Crippen molar-refractivity contribution in [3.05, 3.63) is 22.2 Å². The van der Waals surface area contributed by atoms with Crippen LogP contribution >= 0.6 is 23.2 Å². The lowest BCUT2D eigenvalue weighted by molar-refractivity contribution is 0.0857. The molecule has 0 spiro atoms. The van der Waals surface area contributed by atoms with E-state index in [1.54, 1.807) is 0 Å². The first-order valence-electron chi connectivity index (χ1n) is 4.65. The van der Waals surface area contributed by atoms with Crippen molar-refractivity contribution in [1.82, 2.24) is 0 Å². The van der Waals surface area contributed by atoms with Crippen LogP contribution in [0, 0.1) is 5.92 Å². The van der Waals surface area contributed by atoms with E-state index in [2.05, 4.69) is 0 Å². The monoisotopic (exact) mass is 267 g/mol. The summed E-state index contributed by atoms with van der Waals surface area (Å²) in [5.41, 5.74) is 5.90. The molecule has 1 atom stereocenters. The van der Waals surface area contributed by atoms with Gasteiger partial charge in [-0.2, -0.15) is 0 Å². The van der Waals surface area contributed by atoms with Crippen LogP contribution in [0.3, 0.4) is 0 Å². The second-order valence-corrected chi connectivity index (χ2v) is 4.59. The van der Waals surface area contributed by atoms with Crippen molar-refractivity contribution in [2.75, 3.05) is 12.3 Å². The molecule has 2 rings (SSSR count). The molecule has 0 bridgehead atoms. The molecule has 1 aliphatic rings. The van der Waals surface area contributed by atoms with Crippen LogP contribution in [-0.4, -0.2) is 12.5 Å².